The smallest absolute Gasteiger partial charge is 0.0720 e. The van der Waals surface area contributed by atoms with E-state index >= 15 is 0 Å². The summed E-state index contributed by atoms with van der Waals surface area (Å²) < 4.78 is 5.12. The number of rotatable bonds is 3. The Morgan fingerprint density at radius 2 is 1.00 bits per heavy atom. The zero-order valence-electron chi connectivity index (χ0n) is 25.9. The van der Waals surface area contributed by atoms with Crippen molar-refractivity contribution in [2.24, 2.45) is 0 Å². The number of hydrogen-bond donors (Lipinski definition) is 0. The monoisotopic (exact) mass is 625 g/mol. The summed E-state index contributed by atoms with van der Waals surface area (Å²) in [5.41, 5.74) is 8.82. The Bertz CT molecular complexity index is 3040. The van der Waals surface area contributed by atoms with Gasteiger partial charge in [-0.15, -0.1) is 11.3 Å². The second kappa shape index (κ2) is 9.78. The second-order valence-electron chi connectivity index (χ2n) is 12.8. The van der Waals surface area contributed by atoms with Crippen LogP contribution in [-0.2, 0) is 0 Å². The first-order chi connectivity index (χ1) is 23.8. The van der Waals surface area contributed by atoms with Crippen LogP contribution in [0.15, 0.2) is 164 Å². The van der Waals surface area contributed by atoms with E-state index in [0.717, 1.165) is 0 Å². The van der Waals surface area contributed by atoms with Gasteiger partial charge in [0.05, 0.1) is 15.7 Å². The molecule has 0 radical (unpaired) electrons. The average molecular weight is 626 g/mol. The van der Waals surface area contributed by atoms with E-state index in [1.54, 1.807) is 0 Å². The maximum atomic E-state index is 2.49. The van der Waals surface area contributed by atoms with Gasteiger partial charge in [-0.05, 0) is 84.9 Å². The summed E-state index contributed by atoms with van der Waals surface area (Å²) in [5.74, 6) is 0. The molecule has 2 heterocycles. The maximum absolute atomic E-state index is 2.49. The molecule has 0 atom stereocenters. The molecule has 9 aromatic carbocycles. The fraction of sp³-hybridized carbons (Fsp3) is 0. The molecular weight excluding hydrogens is 599 g/mol. The molecule has 1 nitrogen and oxygen atoms in total. The van der Waals surface area contributed by atoms with Crippen LogP contribution in [0.5, 0.6) is 0 Å². The molecule has 2 aromatic heterocycles. The number of hydrogen-bond acceptors (Lipinski definition) is 1. The third kappa shape index (κ3) is 3.50. The highest BCUT2D eigenvalue weighted by molar-refractivity contribution is 7.26. The summed E-state index contributed by atoms with van der Waals surface area (Å²) in [6.45, 7) is 0. The summed E-state index contributed by atoms with van der Waals surface area (Å²) in [7, 11) is 0. The molecule has 0 spiro atoms. The van der Waals surface area contributed by atoms with E-state index in [-0.39, 0.29) is 0 Å². The standard InChI is InChI=1S/C46H27NS/c1-3-11-28(12-4-1)32-23-19-29-22-26-36-33(24-20-30-21-25-35(32)42(29)43(30)36)38-27-39-34-15-7-9-17-40(34)47(31-13-5-2-6-14-31)45(39)46-44(38)37-16-8-10-18-41(37)48-46/h1-27H. The first-order valence-electron chi connectivity index (χ1n) is 16.5. The molecule has 11 aromatic rings. The highest BCUT2D eigenvalue weighted by Crippen LogP contribution is 2.50. The van der Waals surface area contributed by atoms with Crippen LogP contribution in [-0.4, -0.2) is 4.57 Å². The van der Waals surface area contributed by atoms with Gasteiger partial charge in [0.25, 0.3) is 0 Å². The van der Waals surface area contributed by atoms with Gasteiger partial charge in [0.15, 0.2) is 0 Å². The first-order valence-corrected chi connectivity index (χ1v) is 17.3. The molecular formula is C46H27NS. The SMILES string of the molecule is c1ccc(-c2ccc3ccc4c(-c5cc6c7ccccc7n(-c7ccccc7)c6c6sc7ccccc7c56)ccc5ccc2c3c54)cc1. The van der Waals surface area contributed by atoms with E-state index in [2.05, 4.69) is 168 Å². The minimum Gasteiger partial charge on any atom is -0.308 e. The second-order valence-corrected chi connectivity index (χ2v) is 13.9. The highest BCUT2D eigenvalue weighted by Gasteiger charge is 2.23. The van der Waals surface area contributed by atoms with Crippen LogP contribution in [0.25, 0.3) is 102 Å². The van der Waals surface area contributed by atoms with Crippen LogP contribution in [0.4, 0.5) is 0 Å². The highest BCUT2D eigenvalue weighted by atomic mass is 32.1. The Morgan fingerprint density at radius 1 is 0.396 bits per heavy atom. The van der Waals surface area contributed by atoms with Crippen molar-refractivity contribution in [1.29, 1.82) is 0 Å². The van der Waals surface area contributed by atoms with Crippen molar-refractivity contribution in [3.8, 4) is 27.9 Å². The molecule has 0 bridgehead atoms. The Kier molecular flexibility index (Phi) is 5.32. The van der Waals surface area contributed by atoms with Gasteiger partial charge in [0.1, 0.15) is 0 Å². The Balaban J connectivity index is 1.31. The lowest BCUT2D eigenvalue weighted by atomic mass is 9.86. The van der Waals surface area contributed by atoms with Crippen LogP contribution >= 0.6 is 11.3 Å². The predicted octanol–water partition coefficient (Wildman–Crippen LogP) is 13.4. The zero-order valence-corrected chi connectivity index (χ0v) is 26.8. The summed E-state index contributed by atoms with van der Waals surface area (Å²) in [6.07, 6.45) is 0. The van der Waals surface area contributed by atoms with Gasteiger partial charge in [0.2, 0.25) is 0 Å². The average Bonchev–Trinajstić information content (AvgIpc) is 3.70. The van der Waals surface area contributed by atoms with Crippen LogP contribution in [0.1, 0.15) is 0 Å². The Hall–Kier alpha value is -5.96. The summed E-state index contributed by atoms with van der Waals surface area (Å²) >= 11 is 1.92. The van der Waals surface area contributed by atoms with Gasteiger partial charge in [-0.25, -0.2) is 0 Å². The van der Waals surface area contributed by atoms with E-state index in [0.29, 0.717) is 0 Å². The van der Waals surface area contributed by atoms with Gasteiger partial charge < -0.3 is 4.57 Å². The lowest BCUT2D eigenvalue weighted by molar-refractivity contribution is 1.19. The minimum absolute atomic E-state index is 1.19. The maximum Gasteiger partial charge on any atom is 0.0720 e. The molecule has 0 N–H and O–H groups in total. The molecule has 0 aliphatic carbocycles. The molecule has 48 heavy (non-hydrogen) atoms. The molecule has 0 unspecified atom stereocenters. The van der Waals surface area contributed by atoms with Crippen molar-refractivity contribution < 1.29 is 0 Å². The molecule has 0 aliphatic rings. The van der Waals surface area contributed by atoms with Crippen molar-refractivity contribution in [2.45, 2.75) is 0 Å². The first kappa shape index (κ1) is 26.1. The van der Waals surface area contributed by atoms with E-state index < -0.39 is 0 Å². The molecule has 0 amide bonds. The van der Waals surface area contributed by atoms with Crippen molar-refractivity contribution in [1.82, 2.24) is 4.57 Å². The topological polar surface area (TPSA) is 4.93 Å². The molecule has 0 fully saturated rings. The van der Waals surface area contributed by atoms with E-state index in [1.165, 1.54) is 102 Å². The number of nitrogens with zero attached hydrogens (tertiary/aromatic N) is 1. The van der Waals surface area contributed by atoms with Gasteiger partial charge in [-0.3, -0.25) is 0 Å². The third-order valence-corrected chi connectivity index (χ3v) is 11.5. The van der Waals surface area contributed by atoms with E-state index in [9.17, 15) is 0 Å². The zero-order chi connectivity index (χ0) is 31.3. The molecule has 2 heteroatoms. The van der Waals surface area contributed by atoms with Gasteiger partial charge in [-0.2, -0.15) is 0 Å². The number of benzene rings is 9. The summed E-state index contributed by atoms with van der Waals surface area (Å²) in [6, 6.07) is 60.5. The van der Waals surface area contributed by atoms with Gasteiger partial charge in [0, 0.05) is 31.9 Å². The van der Waals surface area contributed by atoms with Gasteiger partial charge in [-0.1, -0.05) is 133 Å². The normalized spacial score (nSPS) is 12.2. The fourth-order valence-electron chi connectivity index (χ4n) is 8.29. The molecule has 0 aliphatic heterocycles. The third-order valence-electron chi connectivity index (χ3n) is 10.3. The number of para-hydroxylation sites is 2. The van der Waals surface area contributed by atoms with Crippen LogP contribution < -0.4 is 0 Å². The number of thiophene rings is 1. The lowest BCUT2D eigenvalue weighted by Crippen LogP contribution is -1.94. The van der Waals surface area contributed by atoms with Gasteiger partial charge >= 0.3 is 0 Å². The Morgan fingerprint density at radius 3 is 1.77 bits per heavy atom. The molecule has 0 saturated heterocycles. The fourth-order valence-corrected chi connectivity index (χ4v) is 9.56. The molecule has 11 rings (SSSR count). The summed E-state index contributed by atoms with van der Waals surface area (Å²) in [5, 5.41) is 13.1. The van der Waals surface area contributed by atoms with Crippen LogP contribution in [0.3, 0.4) is 0 Å². The van der Waals surface area contributed by atoms with E-state index in [1.807, 2.05) is 11.3 Å². The van der Waals surface area contributed by atoms with E-state index in [4.69, 9.17) is 0 Å². The van der Waals surface area contributed by atoms with Crippen molar-refractivity contribution in [3.05, 3.63) is 164 Å². The van der Waals surface area contributed by atoms with Crippen LogP contribution in [0, 0.1) is 0 Å². The van der Waals surface area contributed by atoms with Crippen LogP contribution in [0.2, 0.25) is 0 Å². The minimum atomic E-state index is 1.19. The largest absolute Gasteiger partial charge is 0.308 e. The van der Waals surface area contributed by atoms with Crippen molar-refractivity contribution >= 4 is 85.6 Å². The molecule has 0 saturated carbocycles. The number of fused-ring (bicyclic) bond motifs is 7. The number of aromatic nitrogens is 1. The Labute approximate surface area is 280 Å². The summed E-state index contributed by atoms with van der Waals surface area (Å²) in [4.78, 5) is 0. The molecule has 222 valence electrons. The lowest BCUT2D eigenvalue weighted by Gasteiger charge is -2.17. The quantitative estimate of drug-likeness (QED) is 0.172. The van der Waals surface area contributed by atoms with Crippen molar-refractivity contribution in [3.63, 3.8) is 0 Å². The van der Waals surface area contributed by atoms with Crippen molar-refractivity contribution in [2.75, 3.05) is 0 Å². The predicted molar refractivity (Wildman–Crippen MR) is 208 cm³/mol.